The Kier molecular flexibility index (Phi) is 13.1. The largest absolute Gasteiger partial charge is 0.324 e. The maximum absolute atomic E-state index is 13.0. The molecule has 34 heteroatoms. The number of nitrogens with zero attached hydrogens (tertiary/aromatic N) is 8. The van der Waals surface area contributed by atoms with E-state index in [-0.39, 0.29) is 29.0 Å². The Hall–Kier alpha value is -6.17. The minimum absolute atomic E-state index is 0.150. The Balaban J connectivity index is 1.47. The van der Waals surface area contributed by atoms with E-state index in [9.17, 15) is 64.9 Å². The zero-order valence-electron chi connectivity index (χ0n) is 30.7. The summed E-state index contributed by atoms with van der Waals surface area (Å²) in [6, 6.07) is 12.5. The molecule has 0 amide bonds. The van der Waals surface area contributed by atoms with Crippen LogP contribution in [0.3, 0.4) is 0 Å². The van der Waals surface area contributed by atoms with Crippen LogP contribution in [0.4, 0.5) is 57.9 Å². The van der Waals surface area contributed by atoms with Gasteiger partial charge in [0.15, 0.2) is 0 Å². The zero-order valence-corrected chi connectivity index (χ0v) is 36.3. The van der Waals surface area contributed by atoms with Crippen LogP contribution in [0.15, 0.2) is 114 Å². The van der Waals surface area contributed by atoms with Gasteiger partial charge in [0, 0.05) is 17.1 Å². The molecule has 0 atom stereocenters. The zero-order chi connectivity index (χ0) is 47.0. The summed E-state index contributed by atoms with van der Waals surface area (Å²) >= 11 is 12.3. The van der Waals surface area contributed by atoms with E-state index in [2.05, 4.69) is 61.4 Å². The normalized spacial score (nSPS) is 12.5. The van der Waals surface area contributed by atoms with Crippen LogP contribution in [0.2, 0.25) is 10.6 Å². The minimum atomic E-state index is -5.42. The SMILES string of the molecule is O=S(=O)(O)c1ccc(Nc2nc(Cl)nc(Nc3cc(Nc4nc(Cl)nc(Nc5ccc(S(=O)(=O)O)cc5)n4)c(N=Nc4cc(S(=O)(=O)O)ccc4S(=O)(=O)O)c(S(=O)(=O)O)c3)n2)cc1. The summed E-state index contributed by atoms with van der Waals surface area (Å²) in [6.07, 6.45) is 0. The van der Waals surface area contributed by atoms with Gasteiger partial charge in [0.05, 0.1) is 20.4 Å². The molecule has 336 valence electrons. The Morgan fingerprint density at radius 2 is 0.797 bits per heavy atom. The molecule has 0 unspecified atom stereocenters. The van der Waals surface area contributed by atoms with Gasteiger partial charge in [-0.05, 0) is 102 Å². The lowest BCUT2D eigenvalue weighted by atomic mass is 10.2. The van der Waals surface area contributed by atoms with Crippen molar-refractivity contribution in [2.24, 2.45) is 10.2 Å². The van der Waals surface area contributed by atoms with Crippen molar-refractivity contribution in [3.63, 3.8) is 0 Å². The number of nitrogens with one attached hydrogen (secondary N) is 4. The Morgan fingerprint density at radius 1 is 0.406 bits per heavy atom. The van der Waals surface area contributed by atoms with Crippen LogP contribution in [-0.2, 0) is 50.6 Å². The number of halogens is 2. The molecule has 2 aromatic heterocycles. The number of aromatic nitrogens is 6. The highest BCUT2D eigenvalue weighted by molar-refractivity contribution is 7.87. The third kappa shape index (κ3) is 12.1. The van der Waals surface area contributed by atoms with Crippen LogP contribution in [0.5, 0.6) is 0 Å². The summed E-state index contributed by atoms with van der Waals surface area (Å²) in [5.41, 5.74) is -2.36. The molecule has 0 fully saturated rings. The highest BCUT2D eigenvalue weighted by Crippen LogP contribution is 2.40. The lowest BCUT2D eigenvalue weighted by Crippen LogP contribution is -2.08. The van der Waals surface area contributed by atoms with Gasteiger partial charge in [-0.1, -0.05) is 0 Å². The first-order valence-electron chi connectivity index (χ1n) is 16.3. The number of azo groups is 1. The molecule has 0 spiro atoms. The van der Waals surface area contributed by atoms with E-state index in [1.54, 1.807) is 0 Å². The van der Waals surface area contributed by atoms with Gasteiger partial charge in [0.1, 0.15) is 21.2 Å². The van der Waals surface area contributed by atoms with E-state index >= 15 is 0 Å². The summed E-state index contributed by atoms with van der Waals surface area (Å²) in [6.45, 7) is 0. The monoisotopic (exact) mass is 1020 g/mol. The molecule has 9 N–H and O–H groups in total. The molecule has 0 bridgehead atoms. The van der Waals surface area contributed by atoms with Crippen LogP contribution in [0.1, 0.15) is 0 Å². The molecular formula is C30H22Cl2N12O15S5. The Morgan fingerprint density at radius 3 is 1.20 bits per heavy atom. The quantitative estimate of drug-likeness (QED) is 0.0483. The van der Waals surface area contributed by atoms with Crippen molar-refractivity contribution in [1.82, 2.24) is 29.9 Å². The van der Waals surface area contributed by atoms with E-state index in [1.165, 1.54) is 24.3 Å². The first kappa shape index (κ1) is 47.3. The molecule has 27 nitrogen and oxygen atoms in total. The molecule has 6 rings (SSSR count). The lowest BCUT2D eigenvalue weighted by molar-refractivity contribution is 0.478. The van der Waals surface area contributed by atoms with Crippen molar-refractivity contribution >= 4 is 132 Å². The number of rotatable bonds is 15. The van der Waals surface area contributed by atoms with Crippen LogP contribution in [0, 0.1) is 0 Å². The summed E-state index contributed by atoms with van der Waals surface area (Å²) < 4.78 is 168. The van der Waals surface area contributed by atoms with Gasteiger partial charge in [-0.25, -0.2) is 0 Å². The predicted molar refractivity (Wildman–Crippen MR) is 222 cm³/mol. The number of benzene rings is 4. The van der Waals surface area contributed by atoms with Crippen molar-refractivity contribution in [2.45, 2.75) is 24.5 Å². The highest BCUT2D eigenvalue weighted by atomic mass is 35.5. The fraction of sp³-hybridized carbons (Fsp3) is 0. The second-order valence-corrected chi connectivity index (χ2v) is 19.8. The average molecular weight is 1020 g/mol. The first-order chi connectivity index (χ1) is 29.6. The summed E-state index contributed by atoms with van der Waals surface area (Å²) in [4.78, 5) is 19.8. The fourth-order valence-corrected chi connectivity index (χ4v) is 8.04. The van der Waals surface area contributed by atoms with Crippen molar-refractivity contribution in [1.29, 1.82) is 0 Å². The summed E-state index contributed by atoms with van der Waals surface area (Å²) in [7, 11) is -24.7. The van der Waals surface area contributed by atoms with Gasteiger partial charge < -0.3 is 21.3 Å². The van der Waals surface area contributed by atoms with Crippen molar-refractivity contribution in [3.8, 4) is 0 Å². The second-order valence-electron chi connectivity index (χ2n) is 12.1. The van der Waals surface area contributed by atoms with Gasteiger partial charge in [0.25, 0.3) is 50.6 Å². The summed E-state index contributed by atoms with van der Waals surface area (Å²) in [5.74, 6) is -1.53. The predicted octanol–water partition coefficient (Wildman–Crippen LogP) is 4.99. The van der Waals surface area contributed by atoms with Gasteiger partial charge >= 0.3 is 0 Å². The number of anilines is 8. The molecule has 0 aliphatic heterocycles. The molecule has 0 aliphatic rings. The van der Waals surface area contributed by atoms with Gasteiger partial charge in [0.2, 0.25) is 34.4 Å². The van der Waals surface area contributed by atoms with Gasteiger partial charge in [-0.15, -0.1) is 10.2 Å². The maximum atomic E-state index is 13.0. The molecule has 0 saturated heterocycles. The summed E-state index contributed by atoms with van der Waals surface area (Å²) in [5, 5.41) is 17.0. The van der Waals surface area contributed by atoms with Crippen LogP contribution < -0.4 is 21.3 Å². The molecule has 0 aliphatic carbocycles. The topological polar surface area (TPSA) is 422 Å². The van der Waals surface area contributed by atoms with E-state index in [4.69, 9.17) is 23.2 Å². The Bertz CT molecular complexity index is 3450. The van der Waals surface area contributed by atoms with Crippen molar-refractivity contribution in [3.05, 3.63) is 89.4 Å². The molecule has 64 heavy (non-hydrogen) atoms. The fourth-order valence-electron chi connectivity index (χ4n) is 4.98. The second kappa shape index (κ2) is 17.8. The molecule has 4 aromatic carbocycles. The molecule has 0 saturated carbocycles. The van der Waals surface area contributed by atoms with E-state index in [0.29, 0.717) is 18.2 Å². The van der Waals surface area contributed by atoms with Gasteiger partial charge in [-0.2, -0.15) is 72.0 Å². The van der Waals surface area contributed by atoms with E-state index in [0.717, 1.165) is 36.4 Å². The lowest BCUT2D eigenvalue weighted by Gasteiger charge is -2.15. The number of hydrogen-bond donors (Lipinski definition) is 9. The molecule has 0 radical (unpaired) electrons. The standard InChI is InChI=1S/C30H22Cl2N12O15S5/c31-25-37-27(33-14-1-5-17(6-2-14)60(45,46)47)41-29(39-25)35-16-11-21(36-30-40-26(32)38-28(42-30)34-15-3-7-18(8-4-15)61(48,49)50)24(23(12-16)64(57,58)59)44-43-20-13-19(62(51,52)53)9-10-22(20)63(54,55)56/h1-13H,(H,45,46,47)(H,48,49,50)(H,51,52,53)(H,54,55,56)(H,57,58,59)(H2,33,35,37,39,41)(H2,34,36,38,40,42). The van der Waals surface area contributed by atoms with Crippen LogP contribution in [0.25, 0.3) is 0 Å². The van der Waals surface area contributed by atoms with Crippen molar-refractivity contribution in [2.75, 3.05) is 21.3 Å². The maximum Gasteiger partial charge on any atom is 0.296 e. The van der Waals surface area contributed by atoms with E-state index < -0.39 is 115 Å². The first-order valence-corrected chi connectivity index (χ1v) is 24.3. The Labute approximate surface area is 369 Å². The average Bonchev–Trinajstić information content (AvgIpc) is 3.15. The van der Waals surface area contributed by atoms with Crippen molar-refractivity contribution < 1.29 is 64.9 Å². The molecular weight excluding hydrogens is 1000 g/mol. The highest BCUT2D eigenvalue weighted by Gasteiger charge is 2.25. The van der Waals surface area contributed by atoms with Crippen LogP contribution >= 0.6 is 23.2 Å². The van der Waals surface area contributed by atoms with E-state index in [1.807, 2.05) is 0 Å². The smallest absolute Gasteiger partial charge is 0.296 e. The minimum Gasteiger partial charge on any atom is -0.324 e. The molecule has 6 aromatic rings. The molecule has 2 heterocycles. The number of hydrogen-bond acceptors (Lipinski definition) is 22. The van der Waals surface area contributed by atoms with Gasteiger partial charge in [-0.3, -0.25) is 22.8 Å². The van der Waals surface area contributed by atoms with Crippen LogP contribution in [-0.4, -0.2) is 94.8 Å². The third-order valence-corrected chi connectivity index (χ3v) is 12.3. The third-order valence-electron chi connectivity index (χ3n) is 7.65.